The fourth-order valence-electron chi connectivity index (χ4n) is 1.67. The molecular weight excluding hydrogens is 269 g/mol. The second kappa shape index (κ2) is 5.64. The summed E-state index contributed by atoms with van der Waals surface area (Å²) in [5.41, 5.74) is 5.95. The van der Waals surface area contributed by atoms with Gasteiger partial charge in [-0.25, -0.2) is 13.2 Å². The van der Waals surface area contributed by atoms with Crippen molar-refractivity contribution in [3.8, 4) is 5.75 Å². The number of halogens is 3. The van der Waals surface area contributed by atoms with Crippen molar-refractivity contribution in [2.24, 2.45) is 5.73 Å². The van der Waals surface area contributed by atoms with Crippen molar-refractivity contribution in [1.29, 1.82) is 5.41 Å². The van der Waals surface area contributed by atoms with Gasteiger partial charge in [0.2, 0.25) is 0 Å². The minimum Gasteiger partial charge on any atom is -0.486 e. The normalized spacial score (nSPS) is 10.3. The Bertz CT molecular complexity index is 659. The van der Waals surface area contributed by atoms with Gasteiger partial charge < -0.3 is 10.5 Å². The van der Waals surface area contributed by atoms with Crippen LogP contribution in [-0.2, 0) is 6.61 Å². The highest BCUT2D eigenvalue weighted by molar-refractivity contribution is 5.96. The number of hydrogen-bond donors (Lipinski definition) is 2. The lowest BCUT2D eigenvalue weighted by Crippen LogP contribution is -2.15. The van der Waals surface area contributed by atoms with Gasteiger partial charge in [-0.15, -0.1) is 0 Å². The monoisotopic (exact) mass is 280 g/mol. The molecule has 3 N–H and O–H groups in total. The van der Waals surface area contributed by atoms with Crippen molar-refractivity contribution in [2.45, 2.75) is 6.61 Å². The molecule has 0 amide bonds. The molecule has 0 aliphatic rings. The van der Waals surface area contributed by atoms with E-state index < -0.39 is 17.5 Å². The molecule has 0 radical (unpaired) electrons. The predicted octanol–water partition coefficient (Wildman–Crippen LogP) is 2.97. The second-order valence-electron chi connectivity index (χ2n) is 4.08. The Morgan fingerprint density at radius 3 is 2.35 bits per heavy atom. The van der Waals surface area contributed by atoms with Gasteiger partial charge in [0.15, 0.2) is 11.6 Å². The van der Waals surface area contributed by atoms with Crippen molar-refractivity contribution in [2.75, 3.05) is 0 Å². The molecule has 3 nitrogen and oxygen atoms in total. The molecule has 0 aliphatic heterocycles. The molecule has 0 atom stereocenters. The average molecular weight is 280 g/mol. The number of nitrogens with one attached hydrogen (secondary N) is 1. The van der Waals surface area contributed by atoms with E-state index in [2.05, 4.69) is 0 Å². The van der Waals surface area contributed by atoms with E-state index in [0.29, 0.717) is 11.6 Å². The quantitative estimate of drug-likeness (QED) is 0.668. The Labute approximate surface area is 113 Å². The molecule has 104 valence electrons. The molecule has 0 bridgehead atoms. The third-order valence-corrected chi connectivity index (χ3v) is 2.64. The third-order valence-electron chi connectivity index (χ3n) is 2.64. The van der Waals surface area contributed by atoms with E-state index in [4.69, 9.17) is 15.9 Å². The summed E-state index contributed by atoms with van der Waals surface area (Å²) in [7, 11) is 0. The van der Waals surface area contributed by atoms with E-state index in [1.807, 2.05) is 0 Å². The van der Waals surface area contributed by atoms with E-state index in [1.165, 1.54) is 12.1 Å². The van der Waals surface area contributed by atoms with Gasteiger partial charge in [0, 0.05) is 17.2 Å². The molecular formula is C14H11F3N2O. The molecule has 0 saturated heterocycles. The first-order chi connectivity index (χ1) is 9.47. The summed E-state index contributed by atoms with van der Waals surface area (Å²) in [6.07, 6.45) is 0. The molecule has 2 rings (SSSR count). The van der Waals surface area contributed by atoms with Crippen LogP contribution in [0.1, 0.15) is 11.1 Å². The summed E-state index contributed by atoms with van der Waals surface area (Å²) in [5.74, 6) is -2.53. The van der Waals surface area contributed by atoms with Crippen LogP contribution in [0.2, 0.25) is 0 Å². The number of benzene rings is 2. The summed E-state index contributed by atoms with van der Waals surface area (Å²) in [4.78, 5) is 0. The minimum absolute atomic E-state index is 0.113. The molecule has 0 spiro atoms. The maximum Gasteiger partial charge on any atom is 0.167 e. The summed E-state index contributed by atoms with van der Waals surface area (Å²) >= 11 is 0. The van der Waals surface area contributed by atoms with E-state index in [9.17, 15) is 13.2 Å². The van der Waals surface area contributed by atoms with Crippen LogP contribution < -0.4 is 10.5 Å². The highest BCUT2D eigenvalue weighted by Crippen LogP contribution is 2.20. The minimum atomic E-state index is -0.837. The Morgan fingerprint density at radius 1 is 1.05 bits per heavy atom. The highest BCUT2D eigenvalue weighted by Gasteiger charge is 2.10. The van der Waals surface area contributed by atoms with Gasteiger partial charge in [-0.05, 0) is 24.3 Å². The molecule has 2 aromatic carbocycles. The van der Waals surface area contributed by atoms with Crippen LogP contribution >= 0.6 is 0 Å². The molecule has 0 fully saturated rings. The van der Waals surface area contributed by atoms with Gasteiger partial charge >= 0.3 is 0 Å². The average Bonchev–Trinajstić information content (AvgIpc) is 2.38. The van der Waals surface area contributed by atoms with E-state index in [1.54, 1.807) is 0 Å². The standard InChI is InChI=1S/C14H11F3N2O/c15-9-2-1-8(11(5-9)14(18)19)7-20-13-4-3-10(16)6-12(13)17/h1-6H,7H2,(H3,18,19). The van der Waals surface area contributed by atoms with Crippen LogP contribution in [0.3, 0.4) is 0 Å². The van der Waals surface area contributed by atoms with Crippen molar-refractivity contribution >= 4 is 5.84 Å². The summed E-state index contributed by atoms with van der Waals surface area (Å²) in [6, 6.07) is 6.60. The summed E-state index contributed by atoms with van der Waals surface area (Å²) < 4.78 is 44.4. The Kier molecular flexibility index (Phi) is 3.93. The van der Waals surface area contributed by atoms with Gasteiger partial charge in [0.25, 0.3) is 0 Å². The summed E-state index contributed by atoms with van der Waals surface area (Å²) in [6.45, 7) is -0.113. The Hall–Kier alpha value is -2.50. The van der Waals surface area contributed by atoms with Crippen LogP contribution in [0.4, 0.5) is 13.2 Å². The molecule has 0 heterocycles. The smallest absolute Gasteiger partial charge is 0.167 e. The number of hydrogen-bond acceptors (Lipinski definition) is 2. The van der Waals surface area contributed by atoms with Crippen molar-refractivity contribution < 1.29 is 17.9 Å². The van der Waals surface area contributed by atoms with Crippen LogP contribution in [0.15, 0.2) is 36.4 Å². The first-order valence-electron chi connectivity index (χ1n) is 5.68. The third kappa shape index (κ3) is 3.09. The van der Waals surface area contributed by atoms with Crippen molar-refractivity contribution in [3.63, 3.8) is 0 Å². The first kappa shape index (κ1) is 13.9. The van der Waals surface area contributed by atoms with Crippen molar-refractivity contribution in [3.05, 3.63) is 65.0 Å². The zero-order chi connectivity index (χ0) is 14.7. The lowest BCUT2D eigenvalue weighted by Gasteiger charge is -2.11. The second-order valence-corrected chi connectivity index (χ2v) is 4.08. The fourth-order valence-corrected chi connectivity index (χ4v) is 1.67. The largest absolute Gasteiger partial charge is 0.486 e. The molecule has 6 heteroatoms. The van der Waals surface area contributed by atoms with Gasteiger partial charge in [-0.2, -0.15) is 0 Å². The molecule has 0 aromatic heterocycles. The molecule has 2 aromatic rings. The number of rotatable bonds is 4. The number of ether oxygens (including phenoxy) is 1. The van der Waals surface area contributed by atoms with E-state index >= 15 is 0 Å². The van der Waals surface area contributed by atoms with E-state index in [-0.39, 0.29) is 23.8 Å². The highest BCUT2D eigenvalue weighted by atomic mass is 19.1. The van der Waals surface area contributed by atoms with Crippen LogP contribution in [0.5, 0.6) is 5.75 Å². The van der Waals surface area contributed by atoms with Gasteiger partial charge in [-0.1, -0.05) is 6.07 Å². The van der Waals surface area contributed by atoms with Crippen LogP contribution in [-0.4, -0.2) is 5.84 Å². The zero-order valence-electron chi connectivity index (χ0n) is 10.3. The first-order valence-corrected chi connectivity index (χ1v) is 5.68. The number of nitrogen functional groups attached to an aromatic ring is 1. The van der Waals surface area contributed by atoms with Crippen LogP contribution in [0.25, 0.3) is 0 Å². The van der Waals surface area contributed by atoms with Crippen LogP contribution in [0, 0.1) is 22.9 Å². The van der Waals surface area contributed by atoms with Crippen molar-refractivity contribution in [1.82, 2.24) is 0 Å². The molecule has 0 saturated carbocycles. The Balaban J connectivity index is 2.20. The van der Waals surface area contributed by atoms with E-state index in [0.717, 1.165) is 18.2 Å². The van der Waals surface area contributed by atoms with Gasteiger partial charge in [0.1, 0.15) is 24.1 Å². The lowest BCUT2D eigenvalue weighted by atomic mass is 10.1. The topological polar surface area (TPSA) is 59.1 Å². The molecule has 20 heavy (non-hydrogen) atoms. The van der Waals surface area contributed by atoms with Gasteiger partial charge in [0.05, 0.1) is 0 Å². The molecule has 0 aliphatic carbocycles. The SMILES string of the molecule is N=C(N)c1cc(F)ccc1COc1ccc(F)cc1F. The van der Waals surface area contributed by atoms with Gasteiger partial charge in [-0.3, -0.25) is 5.41 Å². The zero-order valence-corrected chi connectivity index (χ0v) is 10.3. The Morgan fingerprint density at radius 2 is 1.70 bits per heavy atom. The maximum absolute atomic E-state index is 13.4. The fraction of sp³-hybridized carbons (Fsp3) is 0.0714. The predicted molar refractivity (Wildman–Crippen MR) is 68.1 cm³/mol. The molecule has 0 unspecified atom stereocenters. The summed E-state index contributed by atoms with van der Waals surface area (Å²) in [5, 5.41) is 7.36. The lowest BCUT2D eigenvalue weighted by molar-refractivity contribution is 0.289. The number of nitrogens with two attached hydrogens (primary N) is 1. The maximum atomic E-state index is 13.4. The number of amidine groups is 1.